The Morgan fingerprint density at radius 1 is 1.32 bits per heavy atom. The van der Waals surface area contributed by atoms with Gasteiger partial charge in [0.1, 0.15) is 25.5 Å². The topological polar surface area (TPSA) is 108 Å². The van der Waals surface area contributed by atoms with Crippen LogP contribution >= 0.6 is 11.9 Å². The zero-order valence-electron chi connectivity index (χ0n) is 23.1. The Morgan fingerprint density at radius 2 is 2.12 bits per heavy atom. The number of nitrogens with one attached hydrogen (secondary N) is 1. The van der Waals surface area contributed by atoms with E-state index in [1.165, 1.54) is 11.9 Å². The molecule has 2 aromatic rings. The van der Waals surface area contributed by atoms with Gasteiger partial charge in [0.15, 0.2) is 11.5 Å². The average molecular weight is 571 g/mol. The number of unbranched alkanes of at least 4 members (excludes halogenated alkanes) is 1. The van der Waals surface area contributed by atoms with Crippen molar-refractivity contribution in [2.45, 2.75) is 76.1 Å². The molecule has 214 valence electrons. The van der Waals surface area contributed by atoms with Gasteiger partial charge >= 0.3 is 0 Å². The second-order valence-corrected chi connectivity index (χ2v) is 11.7. The normalized spacial score (nSPS) is 19.2. The molecule has 1 aromatic heterocycles. The van der Waals surface area contributed by atoms with Gasteiger partial charge in [-0.05, 0) is 44.3 Å². The molecule has 3 aliphatic heterocycles. The van der Waals surface area contributed by atoms with E-state index in [0.29, 0.717) is 34.8 Å². The van der Waals surface area contributed by atoms with Crippen molar-refractivity contribution >= 4 is 17.9 Å². The van der Waals surface area contributed by atoms with Gasteiger partial charge in [-0.25, -0.2) is 4.39 Å². The van der Waals surface area contributed by atoms with E-state index in [-0.39, 0.29) is 48.4 Å². The monoisotopic (exact) mass is 570 g/mol. The summed E-state index contributed by atoms with van der Waals surface area (Å²) in [4.78, 5) is 32.0. The molecular formula is C29H35FN4O5S. The summed E-state index contributed by atoms with van der Waals surface area (Å²) in [6, 6.07) is 5.84. The number of benzene rings is 1. The third-order valence-corrected chi connectivity index (χ3v) is 8.83. The van der Waals surface area contributed by atoms with Crippen LogP contribution in [0.5, 0.6) is 11.5 Å². The van der Waals surface area contributed by atoms with E-state index >= 15 is 0 Å². The quantitative estimate of drug-likeness (QED) is 0.422. The predicted octanol–water partition coefficient (Wildman–Crippen LogP) is 4.29. The first kappa shape index (κ1) is 28.5. The number of rotatable bonds is 10. The molecule has 11 heteroatoms. The van der Waals surface area contributed by atoms with Crippen molar-refractivity contribution in [3.05, 3.63) is 50.4 Å². The smallest absolute Gasteiger partial charge is 0.264 e. The molecule has 3 aliphatic rings. The van der Waals surface area contributed by atoms with Gasteiger partial charge in [-0.2, -0.15) is 5.26 Å². The fraction of sp³-hybridized carbons (Fsp3) is 0.552. The standard InChI is InChI=1S/C29H35FN4O5S/c1-4-5-6-20(33-13-22(14-33)37-8-7-30)11-21-16-38-27-19(12-31)10-23(18(3)26(27)39-21)29(36)34-15-24-25(40-34)9-17(2)32-28(24)35/h9-10,20-22H,4-8,11,13-16H2,1-3H3,(H,32,35)/t20-,21?/m0/s1. The van der Waals surface area contributed by atoms with Crippen LogP contribution in [0.25, 0.3) is 0 Å². The Kier molecular flexibility index (Phi) is 8.68. The fourth-order valence-electron chi connectivity index (χ4n) is 5.55. The van der Waals surface area contributed by atoms with Crippen LogP contribution in [-0.2, 0) is 11.3 Å². The molecule has 5 rings (SSSR count). The number of amides is 1. The zero-order valence-corrected chi connectivity index (χ0v) is 23.9. The Bertz CT molecular complexity index is 1370. The number of nitriles is 1. The molecule has 0 radical (unpaired) electrons. The van der Waals surface area contributed by atoms with E-state index in [1.807, 2.05) is 6.07 Å². The molecule has 9 nitrogen and oxygen atoms in total. The first-order valence-corrected chi connectivity index (χ1v) is 14.6. The summed E-state index contributed by atoms with van der Waals surface area (Å²) in [6.07, 6.45) is 3.71. The largest absolute Gasteiger partial charge is 0.484 e. The molecule has 0 spiro atoms. The van der Waals surface area contributed by atoms with Gasteiger partial charge in [-0.3, -0.25) is 18.8 Å². The Balaban J connectivity index is 1.33. The summed E-state index contributed by atoms with van der Waals surface area (Å²) in [5.74, 6) is 0.503. The highest BCUT2D eigenvalue weighted by Gasteiger charge is 2.37. The molecule has 40 heavy (non-hydrogen) atoms. The average Bonchev–Trinajstić information content (AvgIpc) is 3.35. The third kappa shape index (κ3) is 5.71. The van der Waals surface area contributed by atoms with Crippen molar-refractivity contribution in [1.29, 1.82) is 5.26 Å². The van der Waals surface area contributed by atoms with Crippen LogP contribution in [0.1, 0.15) is 65.3 Å². The minimum absolute atomic E-state index is 0.0622. The summed E-state index contributed by atoms with van der Waals surface area (Å²) in [6.45, 7) is 7.47. The number of hydrogen-bond donors (Lipinski definition) is 1. The number of hydrogen-bond acceptors (Lipinski definition) is 8. The van der Waals surface area contributed by atoms with E-state index in [9.17, 15) is 19.2 Å². The number of halogens is 1. The van der Waals surface area contributed by atoms with Gasteiger partial charge in [0, 0.05) is 47.3 Å². The van der Waals surface area contributed by atoms with Crippen LogP contribution in [0.3, 0.4) is 0 Å². The highest BCUT2D eigenvalue weighted by molar-refractivity contribution is 7.97. The van der Waals surface area contributed by atoms with E-state index in [0.717, 1.165) is 49.4 Å². The number of H-pyrrole nitrogens is 1. The minimum Gasteiger partial charge on any atom is -0.484 e. The highest BCUT2D eigenvalue weighted by Crippen LogP contribution is 2.43. The number of aromatic nitrogens is 1. The van der Waals surface area contributed by atoms with Gasteiger partial charge < -0.3 is 19.2 Å². The molecule has 0 saturated carbocycles. The Morgan fingerprint density at radius 3 is 2.85 bits per heavy atom. The van der Waals surface area contributed by atoms with Crippen molar-refractivity contribution in [2.24, 2.45) is 0 Å². The number of nitrogens with zero attached hydrogens (tertiary/aromatic N) is 3. The molecule has 1 N–H and O–H groups in total. The summed E-state index contributed by atoms with van der Waals surface area (Å²) < 4.78 is 32.1. The van der Waals surface area contributed by atoms with E-state index < -0.39 is 6.67 Å². The van der Waals surface area contributed by atoms with Gasteiger partial charge in [-0.1, -0.05) is 19.8 Å². The first-order chi connectivity index (χ1) is 19.3. The fourth-order valence-corrected chi connectivity index (χ4v) is 6.66. The number of likely N-dealkylation sites (tertiary alicyclic amines) is 1. The SMILES string of the molecule is CCCC[C@@H](CC1COc2c(C#N)cc(C(=O)N3Cc4c(cc(C)[nH]c4=O)S3)c(C)c2O1)N1CC(OCCF)C1. The van der Waals surface area contributed by atoms with Crippen LogP contribution in [0.2, 0.25) is 0 Å². The molecule has 0 aliphatic carbocycles. The number of alkyl halides is 1. The van der Waals surface area contributed by atoms with E-state index in [4.69, 9.17) is 14.2 Å². The molecule has 2 atom stereocenters. The number of carbonyl (C=O) groups is 1. The number of fused-ring (bicyclic) bond motifs is 2. The molecule has 4 heterocycles. The summed E-state index contributed by atoms with van der Waals surface area (Å²) in [7, 11) is 0. The maximum Gasteiger partial charge on any atom is 0.264 e. The number of pyridine rings is 1. The molecule has 1 aromatic carbocycles. The lowest BCUT2D eigenvalue weighted by Gasteiger charge is -2.45. The number of aryl methyl sites for hydroxylation is 1. The van der Waals surface area contributed by atoms with Gasteiger partial charge in [0.2, 0.25) is 0 Å². The molecule has 1 amide bonds. The summed E-state index contributed by atoms with van der Waals surface area (Å²) >= 11 is 1.23. The van der Waals surface area contributed by atoms with Crippen molar-refractivity contribution in [3.63, 3.8) is 0 Å². The predicted molar refractivity (Wildman–Crippen MR) is 149 cm³/mol. The van der Waals surface area contributed by atoms with E-state index in [2.05, 4.69) is 22.9 Å². The van der Waals surface area contributed by atoms with Crippen molar-refractivity contribution in [2.75, 3.05) is 33.0 Å². The van der Waals surface area contributed by atoms with Crippen molar-refractivity contribution in [1.82, 2.24) is 14.2 Å². The Labute approximate surface area is 237 Å². The van der Waals surface area contributed by atoms with E-state index in [1.54, 1.807) is 24.2 Å². The first-order valence-electron chi connectivity index (χ1n) is 13.8. The number of ether oxygens (including phenoxy) is 3. The molecule has 1 fully saturated rings. The van der Waals surface area contributed by atoms with Crippen molar-refractivity contribution < 1.29 is 23.4 Å². The maximum atomic E-state index is 13.7. The molecular weight excluding hydrogens is 535 g/mol. The van der Waals surface area contributed by atoms with Crippen LogP contribution in [0, 0.1) is 25.2 Å². The Hall–Kier alpha value is -3.07. The second kappa shape index (κ2) is 12.2. The van der Waals surface area contributed by atoms with Gasteiger partial charge in [0.25, 0.3) is 11.5 Å². The lowest BCUT2D eigenvalue weighted by molar-refractivity contribution is -0.0832. The van der Waals surface area contributed by atoms with Crippen LogP contribution in [-0.4, -0.2) is 71.3 Å². The number of aromatic amines is 1. The van der Waals surface area contributed by atoms with Gasteiger partial charge in [-0.15, -0.1) is 0 Å². The lowest BCUT2D eigenvalue weighted by Crippen LogP contribution is -2.57. The second-order valence-electron chi connectivity index (χ2n) is 10.6. The number of carbonyl (C=O) groups excluding carboxylic acids is 1. The lowest BCUT2D eigenvalue weighted by atomic mass is 9.96. The zero-order chi connectivity index (χ0) is 28.4. The molecule has 0 bridgehead atoms. The van der Waals surface area contributed by atoms with Gasteiger partial charge in [0.05, 0.1) is 30.4 Å². The van der Waals surface area contributed by atoms with Crippen LogP contribution in [0.15, 0.2) is 21.8 Å². The summed E-state index contributed by atoms with van der Waals surface area (Å²) in [5, 5.41) is 9.87. The van der Waals surface area contributed by atoms with Crippen LogP contribution < -0.4 is 15.0 Å². The summed E-state index contributed by atoms with van der Waals surface area (Å²) in [5.41, 5.74) is 2.30. The molecule has 1 saturated heterocycles. The highest BCUT2D eigenvalue weighted by atomic mass is 32.2. The van der Waals surface area contributed by atoms with Crippen molar-refractivity contribution in [3.8, 4) is 17.6 Å². The third-order valence-electron chi connectivity index (χ3n) is 7.75. The van der Waals surface area contributed by atoms with Crippen LogP contribution in [0.4, 0.5) is 4.39 Å². The minimum atomic E-state index is -0.474. The molecule has 1 unspecified atom stereocenters. The maximum absolute atomic E-state index is 13.7.